The second-order valence-corrected chi connectivity index (χ2v) is 15.2. The number of hydrogen-bond donors (Lipinski definition) is 14. The molecule has 0 aliphatic carbocycles. The molecule has 14 N–H and O–H groups in total. The molecule has 0 saturated carbocycles. The molecule has 268 valence electrons. The summed E-state index contributed by atoms with van der Waals surface area (Å²) in [5.74, 6) is 0. The zero-order chi connectivity index (χ0) is 36.1. The molecule has 0 unspecified atom stereocenters. The smallest absolute Gasteiger partial charge is 0.288 e. The first-order chi connectivity index (χ1) is 21.6. The van der Waals surface area contributed by atoms with E-state index in [1.165, 1.54) is 0 Å². The molecule has 0 aliphatic heterocycles. The van der Waals surface area contributed by atoms with E-state index in [9.17, 15) is 75.2 Å². The van der Waals surface area contributed by atoms with Crippen molar-refractivity contribution in [2.24, 2.45) is 0 Å². The predicted octanol–water partition coefficient (Wildman–Crippen LogP) is -5.36. The lowest BCUT2D eigenvalue weighted by Gasteiger charge is -2.30. The van der Waals surface area contributed by atoms with Crippen LogP contribution in [-0.2, 0) is 30.1 Å². The van der Waals surface area contributed by atoms with Crippen LogP contribution in [0.4, 0.5) is 11.4 Å². The third-order valence-corrected chi connectivity index (χ3v) is 10.6. The molecule has 20 nitrogen and oxygen atoms in total. The van der Waals surface area contributed by atoms with Crippen LogP contribution >= 0.6 is 0 Å². The summed E-state index contributed by atoms with van der Waals surface area (Å²) in [6.07, 6.45) is -18.1. The molecular weight excluding hydrogens is 700 g/mol. The van der Waals surface area contributed by atoms with E-state index in [-0.39, 0.29) is 21.2 Å². The van der Waals surface area contributed by atoms with Gasteiger partial charge in [-0.05, 0) is 48.5 Å². The fourth-order valence-corrected chi connectivity index (χ4v) is 6.89. The molecule has 2 aromatic rings. The minimum atomic E-state index is -5.21. The number of anilines is 2. The summed E-state index contributed by atoms with van der Waals surface area (Å²) in [5, 5.41) is 96.3. The summed E-state index contributed by atoms with van der Waals surface area (Å²) in [7, 11) is -14.8. The predicted molar refractivity (Wildman–Crippen MR) is 158 cm³/mol. The number of benzene rings is 2. The molecule has 23 heteroatoms. The molecule has 0 bridgehead atoms. The van der Waals surface area contributed by atoms with Gasteiger partial charge in [-0.15, -0.1) is 0 Å². The van der Waals surface area contributed by atoms with Gasteiger partial charge in [0, 0.05) is 11.4 Å². The van der Waals surface area contributed by atoms with Crippen LogP contribution < -0.4 is 10.6 Å². The molecule has 0 radical (unpaired) electrons. The van der Waals surface area contributed by atoms with Crippen LogP contribution in [0.15, 0.2) is 58.3 Å². The van der Waals surface area contributed by atoms with E-state index < -0.39 is 103 Å². The minimum Gasteiger partial charge on any atom is -0.394 e. The van der Waals surface area contributed by atoms with E-state index in [1.807, 2.05) is 0 Å². The maximum atomic E-state index is 13.1. The van der Waals surface area contributed by atoms with E-state index >= 15 is 0 Å². The SMILES string of the molecule is O=S(=O)(c1ccc(N[C@H]([C@H](O)[C@@H](O)[C@H](O)[C@H](O)CO)S(=O)(=O)O)cc1)c1ccc(N[C@H]([C@H](O)[C@@H](O)[C@H](O)[C@H](O)CO)S(=O)(=O)O)cc1. The first-order valence-electron chi connectivity index (χ1n) is 13.1. The number of sulfone groups is 1. The molecule has 0 heterocycles. The van der Waals surface area contributed by atoms with Gasteiger partial charge in [0.15, 0.2) is 10.7 Å². The maximum absolute atomic E-state index is 13.1. The van der Waals surface area contributed by atoms with Crippen LogP contribution in [-0.4, -0.2) is 158 Å². The minimum absolute atomic E-state index is 0.219. The van der Waals surface area contributed by atoms with Crippen LogP contribution in [0, 0.1) is 0 Å². The molecule has 2 rings (SSSR count). The van der Waals surface area contributed by atoms with E-state index in [0.29, 0.717) is 0 Å². The van der Waals surface area contributed by atoms with E-state index in [4.69, 9.17) is 10.2 Å². The van der Waals surface area contributed by atoms with Crippen molar-refractivity contribution in [2.75, 3.05) is 23.8 Å². The lowest BCUT2D eigenvalue weighted by molar-refractivity contribution is -0.114. The van der Waals surface area contributed by atoms with Crippen molar-refractivity contribution in [2.45, 2.75) is 69.4 Å². The van der Waals surface area contributed by atoms with Gasteiger partial charge in [0.05, 0.1) is 23.0 Å². The highest BCUT2D eigenvalue weighted by molar-refractivity contribution is 7.91. The van der Waals surface area contributed by atoms with Crippen molar-refractivity contribution >= 4 is 41.4 Å². The van der Waals surface area contributed by atoms with Gasteiger partial charge in [-0.2, -0.15) is 16.8 Å². The zero-order valence-electron chi connectivity index (χ0n) is 23.8. The Bertz CT molecular complexity index is 1510. The number of rotatable bonds is 18. The van der Waals surface area contributed by atoms with Crippen molar-refractivity contribution in [1.29, 1.82) is 0 Å². The highest BCUT2D eigenvalue weighted by Crippen LogP contribution is 2.26. The summed E-state index contributed by atoms with van der Waals surface area (Å²) in [6, 6.07) is 7.89. The maximum Gasteiger partial charge on any atom is 0.288 e. The Labute approximate surface area is 268 Å². The Balaban J connectivity index is 2.28. The fraction of sp³-hybridized carbons (Fsp3) is 0.500. The van der Waals surface area contributed by atoms with Crippen molar-refractivity contribution in [3.8, 4) is 0 Å². The van der Waals surface area contributed by atoms with Crippen LogP contribution in [0.25, 0.3) is 0 Å². The monoisotopic (exact) mass is 736 g/mol. The summed E-state index contributed by atoms with van der Waals surface area (Å²) in [5.41, 5.74) is -0.439. The lowest BCUT2D eigenvalue weighted by atomic mass is 10.0. The number of hydrogen-bond acceptors (Lipinski definition) is 18. The Morgan fingerprint density at radius 3 is 0.979 bits per heavy atom. The van der Waals surface area contributed by atoms with Crippen LogP contribution in [0.3, 0.4) is 0 Å². The molecule has 0 amide bonds. The molecule has 0 aromatic heterocycles. The van der Waals surface area contributed by atoms with Gasteiger partial charge < -0.3 is 61.7 Å². The van der Waals surface area contributed by atoms with Crippen LogP contribution in [0.5, 0.6) is 0 Å². The Morgan fingerprint density at radius 2 is 0.745 bits per heavy atom. The van der Waals surface area contributed by atoms with E-state index in [0.717, 1.165) is 48.5 Å². The van der Waals surface area contributed by atoms with Crippen molar-refractivity contribution < 1.29 is 85.4 Å². The van der Waals surface area contributed by atoms with Gasteiger partial charge in [-0.25, -0.2) is 8.42 Å². The molecule has 0 fully saturated rings. The Hall–Kier alpha value is -2.59. The molecule has 0 saturated heterocycles. The third kappa shape index (κ3) is 10.2. The first-order valence-corrected chi connectivity index (χ1v) is 17.6. The van der Waals surface area contributed by atoms with Crippen molar-refractivity contribution in [1.82, 2.24) is 0 Å². The lowest BCUT2D eigenvalue weighted by Crippen LogP contribution is -2.54. The van der Waals surface area contributed by atoms with Gasteiger partial charge in [-0.3, -0.25) is 9.11 Å². The van der Waals surface area contributed by atoms with Crippen LogP contribution in [0.1, 0.15) is 0 Å². The quantitative estimate of drug-likeness (QED) is 0.0635. The number of nitrogens with one attached hydrogen (secondary N) is 2. The Kier molecular flexibility index (Phi) is 14.0. The summed E-state index contributed by atoms with van der Waals surface area (Å²) >= 11 is 0. The van der Waals surface area contributed by atoms with Crippen molar-refractivity contribution in [3.63, 3.8) is 0 Å². The van der Waals surface area contributed by atoms with Crippen LogP contribution in [0.2, 0.25) is 0 Å². The largest absolute Gasteiger partial charge is 0.394 e. The molecule has 0 aliphatic rings. The van der Waals surface area contributed by atoms with Gasteiger partial charge in [0.2, 0.25) is 9.84 Å². The topological polar surface area (TPSA) is 369 Å². The average molecular weight is 737 g/mol. The summed E-state index contributed by atoms with van der Waals surface area (Å²) < 4.78 is 92.9. The fourth-order valence-electron chi connectivity index (χ4n) is 4.03. The standard InChI is InChI=1S/C24H36N2O18S3/c27-9-15(29)17(31)19(33)21(35)23(46(39,40)41)25-11-1-5-13(6-2-11)45(37,38)14-7-3-12(4-8-14)26-24(47(42,43)44)22(36)20(34)18(32)16(30)10-28/h1-8,15-36H,9-10H2,(H,39,40,41)(H,42,43,44)/t15-,16-,17-,18-,19+,20+,21-,22-,23+,24+/m1/s1. The van der Waals surface area contributed by atoms with Gasteiger partial charge in [0.25, 0.3) is 20.2 Å². The molecule has 47 heavy (non-hydrogen) atoms. The van der Waals surface area contributed by atoms with Crippen molar-refractivity contribution in [3.05, 3.63) is 48.5 Å². The number of aliphatic hydroxyl groups excluding tert-OH is 10. The molecule has 2 aromatic carbocycles. The van der Waals surface area contributed by atoms with E-state index in [1.54, 1.807) is 0 Å². The molecular formula is C24H36N2O18S3. The number of aliphatic hydroxyl groups is 10. The summed E-state index contributed by atoms with van der Waals surface area (Å²) in [6.45, 7) is -2.13. The average Bonchev–Trinajstić information content (AvgIpc) is 3.02. The van der Waals surface area contributed by atoms with Gasteiger partial charge in [0.1, 0.15) is 48.8 Å². The Morgan fingerprint density at radius 1 is 0.468 bits per heavy atom. The third-order valence-electron chi connectivity index (χ3n) is 6.77. The normalized spacial score (nSPS) is 19.3. The first kappa shape index (κ1) is 40.6. The molecule has 10 atom stereocenters. The second-order valence-electron chi connectivity index (χ2n) is 10.2. The highest BCUT2D eigenvalue weighted by Gasteiger charge is 2.42. The van der Waals surface area contributed by atoms with Gasteiger partial charge in [-0.1, -0.05) is 0 Å². The second kappa shape index (κ2) is 16.2. The zero-order valence-corrected chi connectivity index (χ0v) is 26.3. The molecule has 0 spiro atoms. The summed E-state index contributed by atoms with van der Waals surface area (Å²) in [4.78, 5) is -0.778. The van der Waals surface area contributed by atoms with Gasteiger partial charge >= 0.3 is 0 Å². The highest BCUT2D eigenvalue weighted by atomic mass is 32.2. The van der Waals surface area contributed by atoms with E-state index in [2.05, 4.69) is 10.6 Å².